The van der Waals surface area contributed by atoms with Crippen LogP contribution in [0.2, 0.25) is 0 Å². The molecule has 0 saturated heterocycles. The van der Waals surface area contributed by atoms with Crippen molar-refractivity contribution >= 4 is 23.3 Å². The van der Waals surface area contributed by atoms with E-state index in [1.807, 2.05) is 0 Å². The lowest BCUT2D eigenvalue weighted by atomic mass is 10.1. The molecule has 0 atom stereocenters. The Morgan fingerprint density at radius 1 is 1.42 bits per heavy atom. The van der Waals surface area contributed by atoms with Crippen molar-refractivity contribution in [1.82, 2.24) is 0 Å². The number of benzene rings is 1. The summed E-state index contributed by atoms with van der Waals surface area (Å²) in [5, 5.41) is 22.4. The van der Waals surface area contributed by atoms with Gasteiger partial charge in [0.05, 0.1) is 4.92 Å². The van der Waals surface area contributed by atoms with Crippen LogP contribution >= 0.6 is 0 Å². The lowest BCUT2D eigenvalue weighted by molar-refractivity contribution is -0.385. The summed E-state index contributed by atoms with van der Waals surface area (Å²) in [4.78, 5) is 31.3. The first-order chi connectivity index (χ1) is 8.91. The molecule has 1 amide bonds. The van der Waals surface area contributed by atoms with Crippen molar-refractivity contribution in [3.63, 3.8) is 0 Å². The predicted octanol–water partition coefficient (Wildman–Crippen LogP) is 0.970. The Labute approximate surface area is 108 Å². The number of nitrogens with zero attached hydrogens (tertiary/aromatic N) is 1. The van der Waals surface area contributed by atoms with Crippen LogP contribution in [0.15, 0.2) is 18.2 Å². The first-order valence-electron chi connectivity index (χ1n) is 5.45. The van der Waals surface area contributed by atoms with Crippen LogP contribution in [-0.2, 0) is 4.79 Å². The number of aromatic carboxylic acids is 1. The largest absolute Gasteiger partial charge is 0.477 e. The van der Waals surface area contributed by atoms with Gasteiger partial charge in [0.15, 0.2) is 0 Å². The maximum absolute atomic E-state index is 10.9. The Morgan fingerprint density at radius 3 is 2.63 bits per heavy atom. The van der Waals surface area contributed by atoms with Crippen LogP contribution in [0.1, 0.15) is 23.2 Å². The van der Waals surface area contributed by atoms with Gasteiger partial charge in [-0.2, -0.15) is 0 Å². The monoisotopic (exact) mass is 267 g/mol. The molecule has 0 bridgehead atoms. The number of hydrogen-bond donors (Lipinski definition) is 3. The van der Waals surface area contributed by atoms with Crippen molar-refractivity contribution in [3.05, 3.63) is 33.9 Å². The molecule has 8 nitrogen and oxygen atoms in total. The van der Waals surface area contributed by atoms with Gasteiger partial charge in [-0.1, -0.05) is 0 Å². The highest BCUT2D eigenvalue weighted by atomic mass is 16.6. The summed E-state index contributed by atoms with van der Waals surface area (Å²) < 4.78 is 0. The maximum Gasteiger partial charge on any atom is 0.342 e. The molecule has 8 heteroatoms. The van der Waals surface area contributed by atoms with Gasteiger partial charge in [-0.25, -0.2) is 4.79 Å². The first-order valence-corrected chi connectivity index (χ1v) is 5.45. The third-order valence-electron chi connectivity index (χ3n) is 2.35. The van der Waals surface area contributed by atoms with E-state index >= 15 is 0 Å². The van der Waals surface area contributed by atoms with Gasteiger partial charge in [0.1, 0.15) is 5.56 Å². The number of nitro groups is 1. The second kappa shape index (κ2) is 6.34. The fourth-order valence-corrected chi connectivity index (χ4v) is 1.47. The fourth-order valence-electron chi connectivity index (χ4n) is 1.47. The average Bonchev–Trinajstić information content (AvgIpc) is 2.33. The van der Waals surface area contributed by atoms with Crippen molar-refractivity contribution in [3.8, 4) is 0 Å². The van der Waals surface area contributed by atoms with Gasteiger partial charge in [-0.05, 0) is 18.6 Å². The van der Waals surface area contributed by atoms with E-state index in [1.165, 1.54) is 12.1 Å². The highest BCUT2D eigenvalue weighted by Crippen LogP contribution is 2.22. The number of nitrogens with two attached hydrogens (primary N) is 1. The smallest absolute Gasteiger partial charge is 0.342 e. The summed E-state index contributed by atoms with van der Waals surface area (Å²) in [7, 11) is 0. The summed E-state index contributed by atoms with van der Waals surface area (Å²) in [6.45, 7) is 0.416. The lowest BCUT2D eigenvalue weighted by Gasteiger charge is -2.06. The second-order valence-corrected chi connectivity index (χ2v) is 3.79. The second-order valence-electron chi connectivity index (χ2n) is 3.79. The SMILES string of the molecule is NC(=O)CCCNc1ccc([N+](=O)[O-])c(C(=O)O)c1. The van der Waals surface area contributed by atoms with Crippen molar-refractivity contribution < 1.29 is 19.6 Å². The van der Waals surface area contributed by atoms with Gasteiger partial charge >= 0.3 is 5.97 Å². The summed E-state index contributed by atoms with van der Waals surface area (Å²) in [6, 6.07) is 3.72. The van der Waals surface area contributed by atoms with Crippen molar-refractivity contribution in [2.75, 3.05) is 11.9 Å². The van der Waals surface area contributed by atoms with E-state index in [0.29, 0.717) is 18.7 Å². The summed E-state index contributed by atoms with van der Waals surface area (Å²) in [6.07, 6.45) is 0.709. The minimum absolute atomic E-state index is 0.214. The van der Waals surface area contributed by atoms with Gasteiger partial charge in [-0.3, -0.25) is 14.9 Å². The van der Waals surface area contributed by atoms with Gasteiger partial charge < -0.3 is 16.2 Å². The minimum atomic E-state index is -1.37. The molecule has 4 N–H and O–H groups in total. The number of carboxylic acid groups (broad SMARTS) is 1. The maximum atomic E-state index is 10.9. The molecule has 1 aromatic carbocycles. The molecule has 0 unspecified atom stereocenters. The van der Waals surface area contributed by atoms with Crippen molar-refractivity contribution in [2.45, 2.75) is 12.8 Å². The van der Waals surface area contributed by atoms with E-state index in [4.69, 9.17) is 10.8 Å². The molecule has 0 aromatic heterocycles. The van der Waals surface area contributed by atoms with Crippen LogP contribution in [0.25, 0.3) is 0 Å². The Morgan fingerprint density at radius 2 is 2.11 bits per heavy atom. The molecule has 0 aliphatic rings. The molecule has 19 heavy (non-hydrogen) atoms. The third kappa shape index (κ3) is 4.26. The molecular formula is C11H13N3O5. The number of carbonyl (C=O) groups is 2. The standard InChI is InChI=1S/C11H13N3O5/c12-10(15)2-1-5-13-7-3-4-9(14(18)19)8(6-7)11(16)17/h3-4,6,13H,1-2,5H2,(H2,12,15)(H,16,17). The summed E-state index contributed by atoms with van der Waals surface area (Å²) in [5.74, 6) is -1.79. The number of nitro benzene ring substituents is 1. The zero-order valence-corrected chi connectivity index (χ0v) is 9.96. The van der Waals surface area contributed by atoms with Gasteiger partial charge in [0.25, 0.3) is 5.69 Å². The molecular weight excluding hydrogens is 254 g/mol. The lowest BCUT2D eigenvalue weighted by Crippen LogP contribution is -2.13. The Balaban J connectivity index is 2.76. The highest BCUT2D eigenvalue weighted by molar-refractivity contribution is 5.93. The topological polar surface area (TPSA) is 136 Å². The molecule has 0 aliphatic carbocycles. The fraction of sp³-hybridized carbons (Fsp3) is 0.273. The van der Waals surface area contributed by atoms with Gasteiger partial charge in [0.2, 0.25) is 5.91 Å². The van der Waals surface area contributed by atoms with Crippen LogP contribution in [0.4, 0.5) is 11.4 Å². The number of anilines is 1. The minimum Gasteiger partial charge on any atom is -0.477 e. The zero-order valence-electron chi connectivity index (χ0n) is 9.96. The summed E-state index contributed by atoms with van der Waals surface area (Å²) in [5.41, 5.74) is 4.56. The Hall–Kier alpha value is -2.64. The van der Waals surface area contributed by atoms with E-state index in [0.717, 1.165) is 6.07 Å². The van der Waals surface area contributed by atoms with E-state index < -0.39 is 22.5 Å². The van der Waals surface area contributed by atoms with Crippen LogP contribution in [-0.4, -0.2) is 28.5 Å². The molecule has 102 valence electrons. The normalized spacial score (nSPS) is 9.89. The van der Waals surface area contributed by atoms with Gasteiger partial charge in [-0.15, -0.1) is 0 Å². The highest BCUT2D eigenvalue weighted by Gasteiger charge is 2.19. The zero-order chi connectivity index (χ0) is 14.4. The molecule has 1 rings (SSSR count). The number of carboxylic acids is 1. The number of carbonyl (C=O) groups excluding carboxylic acids is 1. The molecule has 0 spiro atoms. The van der Waals surface area contributed by atoms with Crippen LogP contribution in [0.3, 0.4) is 0 Å². The van der Waals surface area contributed by atoms with E-state index in [9.17, 15) is 19.7 Å². The molecule has 0 radical (unpaired) electrons. The van der Waals surface area contributed by atoms with Crippen LogP contribution in [0, 0.1) is 10.1 Å². The number of primary amides is 1. The molecule has 0 aliphatic heterocycles. The quantitative estimate of drug-likeness (QED) is 0.382. The van der Waals surface area contributed by atoms with E-state index in [-0.39, 0.29) is 12.0 Å². The molecule has 1 aromatic rings. The third-order valence-corrected chi connectivity index (χ3v) is 2.35. The van der Waals surface area contributed by atoms with Crippen LogP contribution in [0.5, 0.6) is 0 Å². The van der Waals surface area contributed by atoms with E-state index in [2.05, 4.69) is 5.32 Å². The molecule has 0 fully saturated rings. The van der Waals surface area contributed by atoms with Crippen molar-refractivity contribution in [1.29, 1.82) is 0 Å². The molecule has 0 saturated carbocycles. The number of amides is 1. The first kappa shape index (κ1) is 14.4. The Bertz CT molecular complexity index is 515. The number of rotatable bonds is 7. The average molecular weight is 267 g/mol. The Kier molecular flexibility index (Phi) is 4.81. The van der Waals surface area contributed by atoms with Crippen LogP contribution < -0.4 is 11.1 Å². The van der Waals surface area contributed by atoms with Crippen molar-refractivity contribution in [2.24, 2.45) is 5.73 Å². The predicted molar refractivity (Wildman–Crippen MR) is 67.0 cm³/mol. The molecule has 0 heterocycles. The number of hydrogen-bond acceptors (Lipinski definition) is 5. The number of nitrogens with one attached hydrogen (secondary N) is 1. The van der Waals surface area contributed by atoms with Gasteiger partial charge in [0, 0.05) is 24.7 Å². The summed E-state index contributed by atoms with van der Waals surface area (Å²) >= 11 is 0. The van der Waals surface area contributed by atoms with E-state index in [1.54, 1.807) is 0 Å².